The summed E-state index contributed by atoms with van der Waals surface area (Å²) in [6, 6.07) is 9.44. The van der Waals surface area contributed by atoms with Crippen molar-refractivity contribution in [3.8, 4) is 0 Å². The number of likely N-dealkylation sites (tertiary alicyclic amines) is 1. The van der Waals surface area contributed by atoms with E-state index in [0.717, 1.165) is 11.3 Å². The predicted molar refractivity (Wildman–Crippen MR) is 94.5 cm³/mol. The molecule has 2 atom stereocenters. The van der Waals surface area contributed by atoms with Crippen molar-refractivity contribution in [3.63, 3.8) is 0 Å². The van der Waals surface area contributed by atoms with Gasteiger partial charge in [-0.3, -0.25) is 14.8 Å². The molecular weight excluding hydrogens is 342 g/mol. The minimum atomic E-state index is -1.24. The number of halogens is 1. The Bertz CT molecular complexity index is 749. The number of aromatic amines is 1. The van der Waals surface area contributed by atoms with Crippen LogP contribution in [0.1, 0.15) is 23.4 Å². The zero-order valence-electron chi connectivity index (χ0n) is 14.1. The molecule has 7 heteroatoms. The first-order valence-electron chi connectivity index (χ1n) is 8.29. The summed E-state index contributed by atoms with van der Waals surface area (Å²) in [6.07, 6.45) is -0.202. The molecule has 3 N–H and O–H groups in total. The highest BCUT2D eigenvalue weighted by atomic mass is 35.5. The lowest BCUT2D eigenvalue weighted by molar-refractivity contribution is -0.163. The van der Waals surface area contributed by atoms with Crippen LogP contribution in [0.2, 0.25) is 5.02 Å². The largest absolute Gasteiger partial charge is 0.481 e. The number of aliphatic hydroxyl groups is 1. The Balaban J connectivity index is 1.83. The average molecular weight is 364 g/mol. The average Bonchev–Trinajstić information content (AvgIpc) is 2.90. The van der Waals surface area contributed by atoms with Crippen molar-refractivity contribution in [3.05, 3.63) is 52.3 Å². The van der Waals surface area contributed by atoms with Gasteiger partial charge < -0.3 is 10.2 Å². The van der Waals surface area contributed by atoms with Crippen molar-refractivity contribution >= 4 is 17.6 Å². The quantitative estimate of drug-likeness (QED) is 0.758. The monoisotopic (exact) mass is 363 g/mol. The first-order valence-corrected chi connectivity index (χ1v) is 8.67. The van der Waals surface area contributed by atoms with E-state index in [1.54, 1.807) is 0 Å². The number of H-pyrrole nitrogens is 1. The minimum Gasteiger partial charge on any atom is -0.481 e. The van der Waals surface area contributed by atoms with Crippen LogP contribution in [0.25, 0.3) is 0 Å². The number of aliphatic carboxylic acids is 1. The van der Waals surface area contributed by atoms with Crippen LogP contribution in [0.5, 0.6) is 0 Å². The van der Waals surface area contributed by atoms with E-state index in [1.165, 1.54) is 0 Å². The summed E-state index contributed by atoms with van der Waals surface area (Å²) in [6.45, 7) is 3.16. The molecule has 1 aromatic heterocycles. The number of nitrogens with zero attached hydrogens (tertiary/aromatic N) is 2. The molecule has 6 nitrogen and oxygen atoms in total. The first-order chi connectivity index (χ1) is 11.9. The molecule has 0 amide bonds. The number of nitrogens with one attached hydrogen (secondary N) is 1. The summed E-state index contributed by atoms with van der Waals surface area (Å²) in [5.41, 5.74) is 1.16. The van der Waals surface area contributed by atoms with E-state index in [1.807, 2.05) is 42.2 Å². The van der Waals surface area contributed by atoms with Gasteiger partial charge in [0.25, 0.3) is 0 Å². The number of hydrogen-bond donors (Lipinski definition) is 3. The third kappa shape index (κ3) is 3.56. The lowest BCUT2D eigenvalue weighted by atomic mass is 9.73. The van der Waals surface area contributed by atoms with Gasteiger partial charge in [-0.25, -0.2) is 0 Å². The van der Waals surface area contributed by atoms with Crippen LogP contribution in [0.3, 0.4) is 0 Å². The third-order valence-corrected chi connectivity index (χ3v) is 5.47. The number of aryl methyl sites for hydroxylation is 1. The number of piperidine rings is 1. The SMILES string of the molecule is Cc1[nH]nc(CN2CC[C@@H](O)[C@](Cc3ccccc3)(C(=O)O)C2)c1Cl. The van der Waals surface area contributed by atoms with Crippen molar-refractivity contribution in [1.29, 1.82) is 0 Å². The molecule has 1 aliphatic rings. The van der Waals surface area contributed by atoms with Crippen LogP contribution in [0.15, 0.2) is 30.3 Å². The first kappa shape index (κ1) is 17.9. The second-order valence-corrected chi connectivity index (χ2v) is 7.13. The fourth-order valence-corrected chi connectivity index (χ4v) is 3.65. The molecule has 0 saturated carbocycles. The summed E-state index contributed by atoms with van der Waals surface area (Å²) in [7, 11) is 0. The molecule has 2 aromatic rings. The van der Waals surface area contributed by atoms with Crippen molar-refractivity contribution < 1.29 is 15.0 Å². The molecule has 0 unspecified atom stereocenters. The predicted octanol–water partition coefficient (Wildman–Crippen LogP) is 2.25. The van der Waals surface area contributed by atoms with Gasteiger partial charge in [-0.2, -0.15) is 5.10 Å². The number of carbonyl (C=O) groups is 1. The highest BCUT2D eigenvalue weighted by Gasteiger charge is 2.49. The van der Waals surface area contributed by atoms with Crippen LogP contribution >= 0.6 is 11.6 Å². The number of carboxylic acid groups (broad SMARTS) is 1. The molecule has 134 valence electrons. The summed E-state index contributed by atoms with van der Waals surface area (Å²) < 4.78 is 0. The second kappa shape index (κ2) is 7.15. The van der Waals surface area contributed by atoms with E-state index < -0.39 is 17.5 Å². The van der Waals surface area contributed by atoms with Gasteiger partial charge in [0.2, 0.25) is 0 Å². The Kier molecular flexibility index (Phi) is 5.13. The molecule has 0 radical (unpaired) electrons. The molecule has 0 bridgehead atoms. The van der Waals surface area contributed by atoms with Gasteiger partial charge >= 0.3 is 5.97 Å². The van der Waals surface area contributed by atoms with Gasteiger partial charge in [0.1, 0.15) is 5.41 Å². The molecule has 1 aromatic carbocycles. The van der Waals surface area contributed by atoms with Gasteiger partial charge in [0.15, 0.2) is 0 Å². The Morgan fingerprint density at radius 2 is 2.16 bits per heavy atom. The lowest BCUT2D eigenvalue weighted by Crippen LogP contribution is -2.56. The van der Waals surface area contributed by atoms with Crippen LogP contribution in [-0.4, -0.2) is 50.5 Å². The van der Waals surface area contributed by atoms with Gasteiger partial charge in [-0.15, -0.1) is 0 Å². The molecule has 1 aliphatic heterocycles. The highest BCUT2D eigenvalue weighted by molar-refractivity contribution is 6.31. The molecule has 2 heterocycles. The number of aromatic nitrogens is 2. The molecule has 1 saturated heterocycles. The van der Waals surface area contributed by atoms with E-state index in [2.05, 4.69) is 10.2 Å². The minimum absolute atomic E-state index is 0.251. The van der Waals surface area contributed by atoms with Gasteiger partial charge in [-0.1, -0.05) is 41.9 Å². The standard InChI is InChI=1S/C18H22ClN3O3/c1-12-16(19)14(21-20-12)10-22-8-7-15(23)18(11-22,17(24)25)9-13-5-3-2-4-6-13/h2-6,15,23H,7-11H2,1H3,(H,20,21)(H,24,25)/t15-,18-/m1/s1. The second-order valence-electron chi connectivity index (χ2n) is 6.75. The summed E-state index contributed by atoms with van der Waals surface area (Å²) >= 11 is 6.23. The van der Waals surface area contributed by atoms with E-state index in [0.29, 0.717) is 30.2 Å². The number of aliphatic hydroxyl groups excluding tert-OH is 1. The van der Waals surface area contributed by atoms with Crippen LogP contribution in [-0.2, 0) is 17.8 Å². The maximum Gasteiger partial charge on any atom is 0.313 e. The Morgan fingerprint density at radius 1 is 1.44 bits per heavy atom. The van der Waals surface area contributed by atoms with Crippen LogP contribution in [0, 0.1) is 12.3 Å². The lowest BCUT2D eigenvalue weighted by Gasteiger charge is -2.43. The fraction of sp³-hybridized carbons (Fsp3) is 0.444. The molecule has 3 rings (SSSR count). The van der Waals surface area contributed by atoms with Crippen LogP contribution < -0.4 is 0 Å². The summed E-state index contributed by atoms with van der Waals surface area (Å²) in [5.74, 6) is -0.974. The van der Waals surface area contributed by atoms with E-state index in [-0.39, 0.29) is 13.0 Å². The number of benzene rings is 1. The van der Waals surface area contributed by atoms with E-state index in [4.69, 9.17) is 11.6 Å². The number of carboxylic acids is 1. The maximum atomic E-state index is 12.1. The molecular formula is C18H22ClN3O3. The van der Waals surface area contributed by atoms with Crippen molar-refractivity contribution in [2.24, 2.45) is 5.41 Å². The van der Waals surface area contributed by atoms with Gasteiger partial charge in [0, 0.05) is 19.6 Å². The normalized spacial score (nSPS) is 24.4. The number of hydrogen-bond acceptors (Lipinski definition) is 4. The molecule has 1 fully saturated rings. The highest BCUT2D eigenvalue weighted by Crippen LogP contribution is 2.35. The zero-order valence-corrected chi connectivity index (χ0v) is 14.8. The zero-order chi connectivity index (χ0) is 18.0. The summed E-state index contributed by atoms with van der Waals surface area (Å²) in [5, 5.41) is 28.1. The smallest absolute Gasteiger partial charge is 0.313 e. The Hall–Kier alpha value is -1.89. The maximum absolute atomic E-state index is 12.1. The Labute approximate surface area is 151 Å². The number of rotatable bonds is 5. The molecule has 0 spiro atoms. The Morgan fingerprint density at radius 3 is 2.76 bits per heavy atom. The summed E-state index contributed by atoms with van der Waals surface area (Å²) in [4.78, 5) is 14.1. The van der Waals surface area contributed by atoms with Crippen LogP contribution in [0.4, 0.5) is 0 Å². The molecule has 0 aliphatic carbocycles. The fourth-order valence-electron chi connectivity index (χ4n) is 3.50. The topological polar surface area (TPSA) is 89.5 Å². The van der Waals surface area contributed by atoms with Crippen molar-refractivity contribution in [1.82, 2.24) is 15.1 Å². The molecule has 25 heavy (non-hydrogen) atoms. The van der Waals surface area contributed by atoms with E-state index in [9.17, 15) is 15.0 Å². The van der Waals surface area contributed by atoms with Crippen molar-refractivity contribution in [2.45, 2.75) is 32.4 Å². The van der Waals surface area contributed by atoms with Gasteiger partial charge in [-0.05, 0) is 25.3 Å². The van der Waals surface area contributed by atoms with Gasteiger partial charge in [0.05, 0.1) is 22.5 Å². The van der Waals surface area contributed by atoms with Crippen molar-refractivity contribution in [2.75, 3.05) is 13.1 Å². The van der Waals surface area contributed by atoms with E-state index >= 15 is 0 Å². The third-order valence-electron chi connectivity index (χ3n) is 4.97.